The zero-order chi connectivity index (χ0) is 20.5. The van der Waals surface area contributed by atoms with Crippen molar-refractivity contribution in [1.82, 2.24) is 9.61 Å². The number of rotatable bonds is 5. The SMILES string of the molecule is COc1cccn2nc(C(=O)Nc3scc(-c4ccc(Cl)cc4)c3C(=O)O)cc12. The van der Waals surface area contributed by atoms with Crippen molar-refractivity contribution in [1.29, 1.82) is 0 Å². The van der Waals surface area contributed by atoms with Crippen molar-refractivity contribution >= 4 is 45.3 Å². The number of pyridine rings is 1. The number of carboxylic acids is 1. The predicted molar refractivity (Wildman–Crippen MR) is 111 cm³/mol. The lowest BCUT2D eigenvalue weighted by molar-refractivity contribution is 0.0699. The highest BCUT2D eigenvalue weighted by molar-refractivity contribution is 7.15. The Morgan fingerprint density at radius 2 is 2.00 bits per heavy atom. The monoisotopic (exact) mass is 427 g/mol. The second-order valence-electron chi connectivity index (χ2n) is 6.06. The zero-order valence-corrected chi connectivity index (χ0v) is 16.6. The summed E-state index contributed by atoms with van der Waals surface area (Å²) >= 11 is 7.05. The summed E-state index contributed by atoms with van der Waals surface area (Å²) in [6, 6.07) is 11.9. The first-order chi connectivity index (χ1) is 14.0. The highest BCUT2D eigenvalue weighted by Gasteiger charge is 2.22. The molecular formula is C20H14ClN3O4S. The molecule has 9 heteroatoms. The van der Waals surface area contributed by atoms with E-state index in [1.165, 1.54) is 11.6 Å². The second kappa shape index (κ2) is 7.57. The Bertz CT molecular complexity index is 1230. The fourth-order valence-electron chi connectivity index (χ4n) is 2.94. The summed E-state index contributed by atoms with van der Waals surface area (Å²) in [5.74, 6) is -1.07. The number of nitrogens with one attached hydrogen (secondary N) is 1. The number of hydrogen-bond acceptors (Lipinski definition) is 5. The van der Waals surface area contributed by atoms with E-state index in [-0.39, 0.29) is 16.3 Å². The van der Waals surface area contributed by atoms with Crippen LogP contribution in [0.2, 0.25) is 5.02 Å². The lowest BCUT2D eigenvalue weighted by Crippen LogP contribution is -2.14. The Kier molecular flexibility index (Phi) is 4.96. The van der Waals surface area contributed by atoms with E-state index >= 15 is 0 Å². The number of carboxylic acid groups (broad SMARTS) is 1. The number of carbonyl (C=O) groups is 2. The molecule has 4 rings (SSSR count). The first-order valence-electron chi connectivity index (χ1n) is 8.42. The molecule has 1 amide bonds. The Labute approximate surface area is 174 Å². The number of benzene rings is 1. The molecule has 146 valence electrons. The van der Waals surface area contributed by atoms with E-state index in [1.54, 1.807) is 54.0 Å². The number of thiophene rings is 1. The van der Waals surface area contributed by atoms with Crippen LogP contribution in [0.1, 0.15) is 20.8 Å². The van der Waals surface area contributed by atoms with E-state index in [4.69, 9.17) is 16.3 Å². The van der Waals surface area contributed by atoms with E-state index in [9.17, 15) is 14.7 Å². The van der Waals surface area contributed by atoms with Gasteiger partial charge in [0.1, 0.15) is 21.8 Å². The van der Waals surface area contributed by atoms with E-state index in [0.29, 0.717) is 27.4 Å². The highest BCUT2D eigenvalue weighted by atomic mass is 35.5. The molecule has 0 atom stereocenters. The van der Waals surface area contributed by atoms with Crippen LogP contribution in [0, 0.1) is 0 Å². The van der Waals surface area contributed by atoms with Crippen molar-refractivity contribution in [3.8, 4) is 16.9 Å². The summed E-state index contributed by atoms with van der Waals surface area (Å²) < 4.78 is 6.80. The maximum absolute atomic E-state index is 12.7. The lowest BCUT2D eigenvalue weighted by atomic mass is 10.0. The third-order valence-corrected chi connectivity index (χ3v) is 5.45. The van der Waals surface area contributed by atoms with E-state index in [2.05, 4.69) is 10.4 Å². The highest BCUT2D eigenvalue weighted by Crippen LogP contribution is 2.36. The number of aromatic nitrogens is 2. The van der Waals surface area contributed by atoms with E-state index < -0.39 is 11.9 Å². The molecule has 0 unspecified atom stereocenters. The van der Waals surface area contributed by atoms with Gasteiger partial charge in [-0.2, -0.15) is 5.10 Å². The standard InChI is InChI=1S/C20H14ClN3O4S/c1-28-16-3-2-8-24-15(16)9-14(23-24)18(25)22-19-17(20(26)27)13(10-29-19)11-4-6-12(21)7-5-11/h2-10H,1H3,(H,22,25)(H,26,27). The lowest BCUT2D eigenvalue weighted by Gasteiger charge is -2.05. The van der Waals surface area contributed by atoms with Gasteiger partial charge in [-0.15, -0.1) is 11.3 Å². The van der Waals surface area contributed by atoms with Crippen LogP contribution in [0.3, 0.4) is 0 Å². The molecule has 0 fully saturated rings. The fourth-order valence-corrected chi connectivity index (χ4v) is 4.03. The quantitative estimate of drug-likeness (QED) is 0.482. The number of nitrogens with zero attached hydrogens (tertiary/aromatic N) is 2. The minimum absolute atomic E-state index is 0.0204. The molecule has 0 aliphatic heterocycles. The summed E-state index contributed by atoms with van der Waals surface area (Å²) in [6.45, 7) is 0. The maximum Gasteiger partial charge on any atom is 0.339 e. The van der Waals surface area contributed by atoms with Gasteiger partial charge in [-0.1, -0.05) is 23.7 Å². The number of anilines is 1. The molecule has 0 radical (unpaired) electrons. The van der Waals surface area contributed by atoms with Crippen LogP contribution in [-0.2, 0) is 0 Å². The number of hydrogen-bond donors (Lipinski definition) is 2. The molecule has 4 aromatic rings. The second-order valence-corrected chi connectivity index (χ2v) is 7.37. The molecule has 0 aliphatic carbocycles. The average Bonchev–Trinajstić information content (AvgIpc) is 3.32. The van der Waals surface area contributed by atoms with Crippen molar-refractivity contribution < 1.29 is 19.4 Å². The minimum Gasteiger partial charge on any atom is -0.494 e. The van der Waals surface area contributed by atoms with Crippen LogP contribution in [0.25, 0.3) is 16.6 Å². The summed E-state index contributed by atoms with van der Waals surface area (Å²) in [5.41, 5.74) is 2.00. The number of fused-ring (bicyclic) bond motifs is 1. The zero-order valence-electron chi connectivity index (χ0n) is 15.0. The van der Waals surface area contributed by atoms with Gasteiger partial charge in [-0.05, 0) is 29.8 Å². The maximum atomic E-state index is 12.7. The van der Waals surface area contributed by atoms with Gasteiger partial charge >= 0.3 is 5.97 Å². The Morgan fingerprint density at radius 1 is 1.24 bits per heavy atom. The molecule has 0 spiro atoms. The van der Waals surface area contributed by atoms with Crippen molar-refractivity contribution in [2.45, 2.75) is 0 Å². The first kappa shape index (κ1) is 19.0. The van der Waals surface area contributed by atoms with Gasteiger partial charge in [-0.25, -0.2) is 9.31 Å². The third kappa shape index (κ3) is 3.55. The van der Waals surface area contributed by atoms with Crippen molar-refractivity contribution in [3.05, 3.63) is 70.3 Å². The minimum atomic E-state index is -1.14. The Morgan fingerprint density at radius 3 is 2.69 bits per heavy atom. The van der Waals surface area contributed by atoms with E-state index in [0.717, 1.165) is 11.3 Å². The first-order valence-corrected chi connectivity index (χ1v) is 9.68. The Balaban J connectivity index is 1.68. The summed E-state index contributed by atoms with van der Waals surface area (Å²) in [5, 5.41) is 19.1. The van der Waals surface area contributed by atoms with Gasteiger partial charge < -0.3 is 15.2 Å². The summed E-state index contributed by atoms with van der Waals surface area (Å²) in [4.78, 5) is 24.6. The van der Waals surface area contributed by atoms with Crippen molar-refractivity contribution in [3.63, 3.8) is 0 Å². The van der Waals surface area contributed by atoms with Gasteiger partial charge in [0.05, 0.1) is 7.11 Å². The smallest absolute Gasteiger partial charge is 0.339 e. The number of ether oxygens (including phenoxy) is 1. The largest absolute Gasteiger partial charge is 0.494 e. The van der Waals surface area contributed by atoms with Gasteiger partial charge in [0.25, 0.3) is 5.91 Å². The van der Waals surface area contributed by atoms with Crippen LogP contribution in [0.5, 0.6) is 5.75 Å². The number of aromatic carboxylic acids is 1. The van der Waals surface area contributed by atoms with Crippen LogP contribution in [0.4, 0.5) is 5.00 Å². The van der Waals surface area contributed by atoms with Gasteiger partial charge in [0, 0.05) is 28.2 Å². The molecule has 2 N–H and O–H groups in total. The van der Waals surface area contributed by atoms with Crippen LogP contribution < -0.4 is 10.1 Å². The third-order valence-electron chi connectivity index (χ3n) is 4.30. The van der Waals surface area contributed by atoms with Crippen LogP contribution >= 0.6 is 22.9 Å². The van der Waals surface area contributed by atoms with E-state index in [1.807, 2.05) is 0 Å². The molecule has 0 saturated heterocycles. The number of amides is 1. The molecule has 7 nitrogen and oxygen atoms in total. The number of halogens is 1. The van der Waals surface area contributed by atoms with Crippen molar-refractivity contribution in [2.24, 2.45) is 0 Å². The number of methoxy groups -OCH3 is 1. The van der Waals surface area contributed by atoms with Gasteiger partial charge in [0.2, 0.25) is 0 Å². The van der Waals surface area contributed by atoms with Gasteiger partial charge in [0.15, 0.2) is 5.69 Å². The Hall–Kier alpha value is -3.36. The number of carbonyl (C=O) groups excluding carboxylic acids is 1. The van der Waals surface area contributed by atoms with Crippen LogP contribution in [0.15, 0.2) is 54.0 Å². The summed E-state index contributed by atoms with van der Waals surface area (Å²) in [6.07, 6.45) is 1.70. The fraction of sp³-hybridized carbons (Fsp3) is 0.0500. The molecular weight excluding hydrogens is 414 g/mol. The molecule has 29 heavy (non-hydrogen) atoms. The molecule has 3 aromatic heterocycles. The molecule has 0 saturated carbocycles. The average molecular weight is 428 g/mol. The predicted octanol–water partition coefficient (Wildman–Crippen LogP) is 4.68. The molecule has 1 aromatic carbocycles. The normalized spacial score (nSPS) is 10.8. The van der Waals surface area contributed by atoms with Crippen LogP contribution in [-0.4, -0.2) is 33.7 Å². The van der Waals surface area contributed by atoms with Crippen molar-refractivity contribution in [2.75, 3.05) is 12.4 Å². The molecule has 0 bridgehead atoms. The topological polar surface area (TPSA) is 92.9 Å². The van der Waals surface area contributed by atoms with Gasteiger partial charge in [-0.3, -0.25) is 4.79 Å². The molecule has 3 heterocycles. The molecule has 0 aliphatic rings. The summed E-state index contributed by atoms with van der Waals surface area (Å²) in [7, 11) is 1.53.